The van der Waals surface area contributed by atoms with E-state index in [4.69, 9.17) is 16.0 Å². The van der Waals surface area contributed by atoms with E-state index in [9.17, 15) is 4.79 Å². The number of halogens is 1. The standard InChI is InChI=1S/C19H22ClN3O2/c1-13(2)11-21-12-19(24)23-17(18-4-3-9-25-18)10-16(22-23)14-5-7-15(20)8-6-14/h3-10,13,17,21-22H,11-12H2,1-2H3/p+1/t17-/m1/s1. The van der Waals surface area contributed by atoms with Crippen LogP contribution in [0.15, 0.2) is 53.2 Å². The molecule has 1 aliphatic rings. The Hall–Kier alpha value is -2.24. The SMILES string of the molecule is CC(C)C[NH2+]CC(=O)N1NC(c2ccc(Cl)cc2)=C[C@@H]1c1ccco1. The number of nitrogens with two attached hydrogens (primary N) is 1. The third-order valence-electron chi connectivity index (χ3n) is 4.06. The highest BCUT2D eigenvalue weighted by atomic mass is 35.5. The maximum Gasteiger partial charge on any atom is 0.296 e. The largest absolute Gasteiger partial charge is 0.467 e. The molecule has 0 radical (unpaired) electrons. The summed E-state index contributed by atoms with van der Waals surface area (Å²) in [6.07, 6.45) is 3.62. The molecule has 3 N–H and O–H groups in total. The fourth-order valence-electron chi connectivity index (χ4n) is 2.78. The maximum atomic E-state index is 12.7. The fourth-order valence-corrected chi connectivity index (χ4v) is 2.91. The van der Waals surface area contributed by atoms with Crippen molar-refractivity contribution in [2.75, 3.05) is 13.1 Å². The van der Waals surface area contributed by atoms with Crippen LogP contribution in [0, 0.1) is 5.92 Å². The summed E-state index contributed by atoms with van der Waals surface area (Å²) < 4.78 is 5.53. The first-order valence-corrected chi connectivity index (χ1v) is 8.84. The average Bonchev–Trinajstić information content (AvgIpc) is 3.24. The molecule has 0 spiro atoms. The molecule has 0 saturated heterocycles. The van der Waals surface area contributed by atoms with Gasteiger partial charge < -0.3 is 9.73 Å². The third-order valence-corrected chi connectivity index (χ3v) is 4.31. The van der Waals surface area contributed by atoms with E-state index < -0.39 is 0 Å². The van der Waals surface area contributed by atoms with Crippen molar-refractivity contribution in [1.29, 1.82) is 0 Å². The first kappa shape index (κ1) is 17.6. The van der Waals surface area contributed by atoms with Crippen LogP contribution in [-0.4, -0.2) is 24.0 Å². The van der Waals surface area contributed by atoms with E-state index >= 15 is 0 Å². The van der Waals surface area contributed by atoms with Crippen molar-refractivity contribution >= 4 is 23.2 Å². The van der Waals surface area contributed by atoms with Crippen LogP contribution in [0.3, 0.4) is 0 Å². The van der Waals surface area contributed by atoms with E-state index in [-0.39, 0.29) is 11.9 Å². The van der Waals surface area contributed by atoms with E-state index in [1.54, 1.807) is 11.3 Å². The van der Waals surface area contributed by atoms with Crippen molar-refractivity contribution in [3.8, 4) is 0 Å². The fraction of sp³-hybridized carbons (Fsp3) is 0.316. The Morgan fingerprint density at radius 1 is 1.32 bits per heavy atom. The van der Waals surface area contributed by atoms with Crippen molar-refractivity contribution in [3.63, 3.8) is 0 Å². The number of carbonyl (C=O) groups excluding carboxylic acids is 1. The van der Waals surface area contributed by atoms with Gasteiger partial charge in [-0.15, -0.1) is 0 Å². The minimum absolute atomic E-state index is 0.0160. The molecular weight excluding hydrogens is 338 g/mol. The lowest BCUT2D eigenvalue weighted by atomic mass is 10.1. The zero-order valence-corrected chi connectivity index (χ0v) is 15.2. The number of benzene rings is 1. The molecule has 1 aromatic carbocycles. The Morgan fingerprint density at radius 2 is 2.08 bits per heavy atom. The Labute approximate surface area is 152 Å². The summed E-state index contributed by atoms with van der Waals surface area (Å²) in [5.74, 6) is 1.29. The average molecular weight is 361 g/mol. The number of hydrogen-bond acceptors (Lipinski definition) is 3. The smallest absolute Gasteiger partial charge is 0.296 e. The van der Waals surface area contributed by atoms with Gasteiger partial charge in [0.1, 0.15) is 11.8 Å². The summed E-state index contributed by atoms with van der Waals surface area (Å²) in [5, 5.41) is 4.36. The van der Waals surface area contributed by atoms with Crippen LogP contribution in [0.2, 0.25) is 5.02 Å². The first-order chi connectivity index (χ1) is 12.0. The Morgan fingerprint density at radius 3 is 2.72 bits per heavy atom. The molecule has 3 rings (SSSR count). The van der Waals surface area contributed by atoms with Crippen LogP contribution in [0.4, 0.5) is 0 Å². The van der Waals surface area contributed by atoms with Gasteiger partial charge in [-0.05, 0) is 35.9 Å². The van der Waals surface area contributed by atoms with E-state index in [0.29, 0.717) is 17.5 Å². The molecule has 0 saturated carbocycles. The number of hydrazine groups is 1. The summed E-state index contributed by atoms with van der Waals surface area (Å²) in [7, 11) is 0. The summed E-state index contributed by atoms with van der Waals surface area (Å²) >= 11 is 5.97. The molecule has 2 aromatic rings. The van der Waals surface area contributed by atoms with Gasteiger partial charge in [0, 0.05) is 10.9 Å². The quantitative estimate of drug-likeness (QED) is 0.832. The molecule has 1 aromatic heterocycles. The molecule has 132 valence electrons. The van der Waals surface area contributed by atoms with Gasteiger partial charge in [-0.1, -0.05) is 37.6 Å². The molecular formula is C19H23ClN3O2+. The highest BCUT2D eigenvalue weighted by Crippen LogP contribution is 2.31. The number of nitrogens with zero attached hydrogens (tertiary/aromatic N) is 1. The lowest BCUT2D eigenvalue weighted by Crippen LogP contribution is -2.87. The molecule has 2 heterocycles. The van der Waals surface area contributed by atoms with Crippen molar-refractivity contribution in [3.05, 3.63) is 65.1 Å². The predicted octanol–water partition coefficient (Wildman–Crippen LogP) is 2.58. The zero-order valence-electron chi connectivity index (χ0n) is 14.4. The Bertz CT molecular complexity index is 739. The minimum atomic E-state index is -0.263. The van der Waals surface area contributed by atoms with E-state index in [2.05, 4.69) is 19.3 Å². The molecule has 5 nitrogen and oxygen atoms in total. The van der Waals surface area contributed by atoms with Gasteiger partial charge >= 0.3 is 0 Å². The molecule has 1 aliphatic heterocycles. The van der Waals surface area contributed by atoms with Gasteiger partial charge in [-0.3, -0.25) is 10.2 Å². The van der Waals surface area contributed by atoms with Crippen LogP contribution in [0.25, 0.3) is 5.70 Å². The Kier molecular flexibility index (Phi) is 5.46. The first-order valence-electron chi connectivity index (χ1n) is 8.46. The molecule has 1 atom stereocenters. The van der Waals surface area contributed by atoms with Crippen LogP contribution in [-0.2, 0) is 4.79 Å². The van der Waals surface area contributed by atoms with E-state index in [1.165, 1.54) is 0 Å². The van der Waals surface area contributed by atoms with Crippen LogP contribution in [0.1, 0.15) is 31.2 Å². The number of amides is 1. The molecule has 0 aliphatic carbocycles. The lowest BCUT2D eigenvalue weighted by Gasteiger charge is -2.23. The van der Waals surface area contributed by atoms with E-state index in [1.807, 2.05) is 47.8 Å². The minimum Gasteiger partial charge on any atom is -0.467 e. The lowest BCUT2D eigenvalue weighted by molar-refractivity contribution is -0.649. The molecule has 0 fully saturated rings. The van der Waals surface area contributed by atoms with Gasteiger partial charge in [0.15, 0.2) is 6.54 Å². The van der Waals surface area contributed by atoms with Gasteiger partial charge in [-0.25, -0.2) is 5.01 Å². The number of quaternary nitrogens is 1. The number of furan rings is 1. The van der Waals surface area contributed by atoms with Crippen molar-refractivity contribution in [2.24, 2.45) is 5.92 Å². The summed E-state index contributed by atoms with van der Waals surface area (Å²) in [6, 6.07) is 11.0. The molecule has 0 bridgehead atoms. The number of hydrogen-bond donors (Lipinski definition) is 2. The normalized spacial score (nSPS) is 16.9. The monoisotopic (exact) mass is 360 g/mol. The summed E-state index contributed by atoms with van der Waals surface area (Å²) in [4.78, 5) is 12.7. The second-order valence-corrected chi connectivity index (χ2v) is 6.98. The van der Waals surface area contributed by atoms with Crippen LogP contribution >= 0.6 is 11.6 Å². The number of carbonyl (C=O) groups is 1. The number of nitrogens with one attached hydrogen (secondary N) is 1. The van der Waals surface area contributed by atoms with Crippen molar-refractivity contribution < 1.29 is 14.5 Å². The predicted molar refractivity (Wildman–Crippen MR) is 97.4 cm³/mol. The van der Waals surface area contributed by atoms with E-state index in [0.717, 1.165) is 23.6 Å². The van der Waals surface area contributed by atoms with Gasteiger partial charge in [0.2, 0.25) is 0 Å². The number of rotatable bonds is 6. The Balaban J connectivity index is 1.78. The van der Waals surface area contributed by atoms with Gasteiger partial charge in [0.05, 0.1) is 18.5 Å². The van der Waals surface area contributed by atoms with Crippen molar-refractivity contribution in [2.45, 2.75) is 19.9 Å². The summed E-state index contributed by atoms with van der Waals surface area (Å²) in [6.45, 7) is 5.59. The highest BCUT2D eigenvalue weighted by molar-refractivity contribution is 6.30. The van der Waals surface area contributed by atoms with Crippen molar-refractivity contribution in [1.82, 2.24) is 10.4 Å². The molecule has 0 unspecified atom stereocenters. The zero-order chi connectivity index (χ0) is 17.8. The molecule has 25 heavy (non-hydrogen) atoms. The highest BCUT2D eigenvalue weighted by Gasteiger charge is 2.33. The molecule has 1 amide bonds. The topological polar surface area (TPSA) is 62.1 Å². The second kappa shape index (κ2) is 7.76. The van der Waals surface area contributed by atoms with Crippen LogP contribution in [0.5, 0.6) is 0 Å². The maximum absolute atomic E-state index is 12.7. The van der Waals surface area contributed by atoms with Gasteiger partial charge in [0.25, 0.3) is 5.91 Å². The summed E-state index contributed by atoms with van der Waals surface area (Å²) in [5.41, 5.74) is 5.07. The molecule has 6 heteroatoms. The third kappa shape index (κ3) is 4.24. The second-order valence-electron chi connectivity index (χ2n) is 6.55. The van der Waals surface area contributed by atoms with Gasteiger partial charge in [-0.2, -0.15) is 0 Å². The van der Waals surface area contributed by atoms with Crippen LogP contribution < -0.4 is 10.7 Å².